The predicted molar refractivity (Wildman–Crippen MR) is 225 cm³/mol. The van der Waals surface area contributed by atoms with Crippen LogP contribution in [-0.4, -0.2) is 0 Å². The summed E-state index contributed by atoms with van der Waals surface area (Å²) in [6.07, 6.45) is 0. The van der Waals surface area contributed by atoms with E-state index in [0.717, 1.165) is 44.4 Å². The predicted octanol–water partition coefficient (Wildman–Crippen LogP) is 14.6. The van der Waals surface area contributed by atoms with Crippen molar-refractivity contribution in [3.05, 3.63) is 175 Å². The molecule has 0 saturated carbocycles. The molecule has 0 bridgehead atoms. The van der Waals surface area contributed by atoms with E-state index in [-0.39, 0.29) is 5.41 Å². The van der Waals surface area contributed by atoms with E-state index in [1.807, 2.05) is 6.07 Å². The van der Waals surface area contributed by atoms with Gasteiger partial charge < -0.3 is 9.32 Å². The molecule has 0 N–H and O–H groups in total. The van der Waals surface area contributed by atoms with E-state index in [0.29, 0.717) is 0 Å². The monoisotopic (exact) mass is 675 g/mol. The number of furan rings is 1. The van der Waals surface area contributed by atoms with E-state index in [1.165, 1.54) is 70.7 Å². The van der Waals surface area contributed by atoms with E-state index in [2.05, 4.69) is 176 Å². The van der Waals surface area contributed by atoms with Crippen LogP contribution < -0.4 is 4.90 Å². The number of hydrogen-bond acceptors (Lipinski definition) is 2. The van der Waals surface area contributed by atoms with Crippen LogP contribution in [0.25, 0.3) is 86.9 Å². The lowest BCUT2D eigenvalue weighted by Crippen LogP contribution is -2.23. The Labute approximate surface area is 306 Å². The van der Waals surface area contributed by atoms with Gasteiger partial charge in [0, 0.05) is 49.3 Å². The molecule has 11 aromatic rings. The van der Waals surface area contributed by atoms with Gasteiger partial charge in [0.25, 0.3) is 0 Å². The Morgan fingerprint density at radius 1 is 0.415 bits per heavy atom. The first-order valence-corrected chi connectivity index (χ1v) is 18.5. The standard InChI is InChI=1S/C51H33NO/c1-51(2)41-22-11-21-40-46(41)48-45-37(36-17-8-12-31-26-29-42(51)47(48)44(31)36)18-10-20-39(45)49(40)52(32-13-4-3-5-14-32)33-27-24-30(25-28-33)34-16-9-19-38-35-15-6-7-23-43(35)53-50(34)38/h3-29H,1-2H3. The van der Waals surface area contributed by atoms with Crippen LogP contribution in [-0.2, 0) is 5.41 Å². The highest BCUT2D eigenvalue weighted by atomic mass is 16.3. The highest BCUT2D eigenvalue weighted by Crippen LogP contribution is 2.57. The molecule has 0 amide bonds. The summed E-state index contributed by atoms with van der Waals surface area (Å²) in [6, 6.07) is 60.2. The number of nitrogens with zero attached hydrogens (tertiary/aromatic N) is 1. The molecule has 53 heavy (non-hydrogen) atoms. The smallest absolute Gasteiger partial charge is 0.143 e. The van der Waals surface area contributed by atoms with Gasteiger partial charge in [-0.15, -0.1) is 0 Å². The molecule has 2 heteroatoms. The topological polar surface area (TPSA) is 16.4 Å². The second-order valence-corrected chi connectivity index (χ2v) is 15.2. The molecule has 0 atom stereocenters. The summed E-state index contributed by atoms with van der Waals surface area (Å²) in [4.78, 5) is 2.48. The fraction of sp³-hybridized carbons (Fsp3) is 0.0588. The lowest BCUT2D eigenvalue weighted by molar-refractivity contribution is 0.652. The molecule has 1 aromatic heterocycles. The highest BCUT2D eigenvalue weighted by molar-refractivity contribution is 6.42. The third kappa shape index (κ3) is 3.72. The SMILES string of the molecule is CC1(C)c2cccc3c(N(c4ccccc4)c4ccc(-c5cccc6c5oc5ccccc56)cc4)c4cccc5c6cccc7ccc1c(c76)c(c23)c45. The summed E-state index contributed by atoms with van der Waals surface area (Å²) in [7, 11) is 0. The van der Waals surface area contributed by atoms with Crippen LogP contribution in [0, 0.1) is 0 Å². The summed E-state index contributed by atoms with van der Waals surface area (Å²) in [5.41, 5.74) is 10.1. The third-order valence-electron chi connectivity index (χ3n) is 12.2. The van der Waals surface area contributed by atoms with Crippen molar-refractivity contribution in [3.63, 3.8) is 0 Å². The molecular formula is C51H33NO. The van der Waals surface area contributed by atoms with Crippen LogP contribution in [0.2, 0.25) is 0 Å². The van der Waals surface area contributed by atoms with Crippen molar-refractivity contribution in [2.24, 2.45) is 0 Å². The summed E-state index contributed by atoms with van der Waals surface area (Å²) in [6.45, 7) is 4.82. The largest absolute Gasteiger partial charge is 0.455 e. The van der Waals surface area contributed by atoms with Gasteiger partial charge in [-0.1, -0.05) is 147 Å². The minimum absolute atomic E-state index is 0.169. The Morgan fingerprint density at radius 3 is 1.89 bits per heavy atom. The first-order chi connectivity index (χ1) is 26.1. The van der Waals surface area contributed by atoms with Gasteiger partial charge in [0.1, 0.15) is 11.2 Å². The molecule has 0 saturated heterocycles. The number of fused-ring (bicyclic) bond motifs is 4. The number of hydrogen-bond donors (Lipinski definition) is 0. The lowest BCUT2D eigenvalue weighted by Gasteiger charge is -2.37. The van der Waals surface area contributed by atoms with Crippen molar-refractivity contribution in [3.8, 4) is 11.1 Å². The Morgan fingerprint density at radius 2 is 1.04 bits per heavy atom. The molecule has 10 aromatic carbocycles. The Balaban J connectivity index is 1.18. The molecule has 0 unspecified atom stereocenters. The van der Waals surface area contributed by atoms with Gasteiger partial charge in [-0.2, -0.15) is 0 Å². The molecule has 248 valence electrons. The summed E-state index contributed by atoms with van der Waals surface area (Å²) < 4.78 is 6.46. The Hall–Kier alpha value is -6.64. The van der Waals surface area contributed by atoms with Crippen molar-refractivity contribution < 1.29 is 4.42 Å². The molecule has 0 fully saturated rings. The van der Waals surface area contributed by atoms with Crippen LogP contribution >= 0.6 is 0 Å². The summed E-state index contributed by atoms with van der Waals surface area (Å²) in [5, 5.41) is 15.7. The van der Waals surface area contributed by atoms with Crippen molar-refractivity contribution in [2.75, 3.05) is 4.90 Å². The van der Waals surface area contributed by atoms with Crippen LogP contribution in [0.1, 0.15) is 25.0 Å². The van der Waals surface area contributed by atoms with Crippen molar-refractivity contribution in [1.29, 1.82) is 0 Å². The molecule has 1 aliphatic carbocycles. The molecule has 0 radical (unpaired) electrons. The van der Waals surface area contributed by atoms with Crippen LogP contribution in [0.4, 0.5) is 17.1 Å². The molecule has 12 rings (SSSR count). The fourth-order valence-electron chi connectivity index (χ4n) is 9.82. The zero-order valence-corrected chi connectivity index (χ0v) is 29.4. The first kappa shape index (κ1) is 29.0. The van der Waals surface area contributed by atoms with Crippen LogP contribution in [0.15, 0.2) is 168 Å². The maximum Gasteiger partial charge on any atom is 0.143 e. The first-order valence-electron chi connectivity index (χ1n) is 18.5. The van der Waals surface area contributed by atoms with Gasteiger partial charge in [-0.3, -0.25) is 0 Å². The second-order valence-electron chi connectivity index (χ2n) is 15.2. The van der Waals surface area contributed by atoms with Crippen molar-refractivity contribution >= 4 is 92.9 Å². The molecule has 0 spiro atoms. The molecule has 2 nitrogen and oxygen atoms in total. The normalized spacial score (nSPS) is 13.6. The van der Waals surface area contributed by atoms with E-state index in [4.69, 9.17) is 4.42 Å². The maximum absolute atomic E-state index is 6.46. The Kier molecular flexibility index (Phi) is 5.60. The third-order valence-corrected chi connectivity index (χ3v) is 12.2. The summed E-state index contributed by atoms with van der Waals surface area (Å²) in [5.74, 6) is 0. The van der Waals surface area contributed by atoms with Gasteiger partial charge >= 0.3 is 0 Å². The molecular weight excluding hydrogens is 643 g/mol. The number of rotatable bonds is 4. The van der Waals surface area contributed by atoms with Gasteiger partial charge in [-0.25, -0.2) is 0 Å². The van der Waals surface area contributed by atoms with E-state index < -0.39 is 0 Å². The number of anilines is 3. The molecule has 1 aliphatic rings. The second kappa shape index (κ2) is 10.2. The van der Waals surface area contributed by atoms with Crippen LogP contribution in [0.3, 0.4) is 0 Å². The van der Waals surface area contributed by atoms with E-state index in [1.54, 1.807) is 0 Å². The number of benzene rings is 10. The zero-order chi connectivity index (χ0) is 35.0. The van der Waals surface area contributed by atoms with Gasteiger partial charge in [0.2, 0.25) is 0 Å². The fourth-order valence-corrected chi connectivity index (χ4v) is 9.82. The van der Waals surface area contributed by atoms with E-state index >= 15 is 0 Å². The average molecular weight is 676 g/mol. The highest BCUT2D eigenvalue weighted by Gasteiger charge is 2.35. The van der Waals surface area contributed by atoms with Crippen molar-refractivity contribution in [2.45, 2.75) is 19.3 Å². The summed E-state index contributed by atoms with van der Waals surface area (Å²) >= 11 is 0. The van der Waals surface area contributed by atoms with Gasteiger partial charge in [-0.05, 0) is 84.7 Å². The maximum atomic E-state index is 6.46. The van der Waals surface area contributed by atoms with Gasteiger partial charge in [0.05, 0.1) is 5.69 Å². The minimum atomic E-state index is -0.169. The molecule has 0 aliphatic heterocycles. The Bertz CT molecular complexity index is 3300. The number of para-hydroxylation sites is 3. The van der Waals surface area contributed by atoms with E-state index in [9.17, 15) is 0 Å². The zero-order valence-electron chi connectivity index (χ0n) is 29.4. The average Bonchev–Trinajstić information content (AvgIpc) is 3.59. The lowest BCUT2D eigenvalue weighted by atomic mass is 9.68. The van der Waals surface area contributed by atoms with Crippen LogP contribution in [0.5, 0.6) is 0 Å². The quantitative estimate of drug-likeness (QED) is 0.136. The minimum Gasteiger partial charge on any atom is -0.455 e. The molecule has 1 heterocycles. The van der Waals surface area contributed by atoms with Gasteiger partial charge in [0.15, 0.2) is 0 Å². The van der Waals surface area contributed by atoms with Crippen molar-refractivity contribution in [1.82, 2.24) is 0 Å².